The highest BCUT2D eigenvalue weighted by molar-refractivity contribution is 6.04. The van der Waals surface area contributed by atoms with Crippen LogP contribution in [0.25, 0.3) is 10.9 Å². The first-order chi connectivity index (χ1) is 10.7. The van der Waals surface area contributed by atoms with Crippen molar-refractivity contribution in [1.29, 1.82) is 0 Å². The lowest BCUT2D eigenvalue weighted by molar-refractivity contribution is 0.0947. The number of aromatic nitrogens is 3. The number of carbonyl (C=O) groups excluding carboxylic acids is 1. The van der Waals surface area contributed by atoms with Crippen LogP contribution in [0.5, 0.6) is 5.88 Å². The van der Waals surface area contributed by atoms with Gasteiger partial charge in [-0.15, -0.1) is 0 Å². The molecule has 2 N–H and O–H groups in total. The van der Waals surface area contributed by atoms with Crippen LogP contribution in [0.3, 0.4) is 0 Å². The van der Waals surface area contributed by atoms with Crippen molar-refractivity contribution >= 4 is 16.8 Å². The van der Waals surface area contributed by atoms with Crippen molar-refractivity contribution in [1.82, 2.24) is 20.5 Å². The summed E-state index contributed by atoms with van der Waals surface area (Å²) in [6.07, 6.45) is 1.65. The number of H-pyrrole nitrogens is 1. The number of fused-ring (bicyclic) bond motifs is 1. The Bertz CT molecular complexity index is 826. The van der Waals surface area contributed by atoms with Crippen LogP contribution in [0, 0.1) is 6.92 Å². The van der Waals surface area contributed by atoms with Gasteiger partial charge in [0.1, 0.15) is 0 Å². The molecular formula is C16H16N4O2. The smallest absolute Gasteiger partial charge is 0.272 e. The monoisotopic (exact) mass is 296 g/mol. The molecule has 1 aromatic carbocycles. The minimum Gasteiger partial charge on any atom is -0.481 e. The third kappa shape index (κ3) is 2.63. The first-order valence-corrected chi connectivity index (χ1v) is 6.90. The molecule has 112 valence electrons. The minimum absolute atomic E-state index is 0.234. The van der Waals surface area contributed by atoms with E-state index in [4.69, 9.17) is 4.74 Å². The largest absolute Gasteiger partial charge is 0.481 e. The average molecular weight is 296 g/mol. The fourth-order valence-electron chi connectivity index (χ4n) is 2.30. The number of aryl methyl sites for hydroxylation is 1. The molecule has 0 spiro atoms. The molecule has 1 amide bonds. The summed E-state index contributed by atoms with van der Waals surface area (Å²) in [5, 5.41) is 10.6. The van der Waals surface area contributed by atoms with Gasteiger partial charge < -0.3 is 10.1 Å². The highest BCUT2D eigenvalue weighted by Crippen LogP contribution is 2.18. The molecule has 2 aromatic heterocycles. The van der Waals surface area contributed by atoms with Gasteiger partial charge in [0, 0.05) is 23.7 Å². The molecule has 0 aliphatic heterocycles. The van der Waals surface area contributed by atoms with E-state index in [-0.39, 0.29) is 5.91 Å². The maximum absolute atomic E-state index is 12.3. The van der Waals surface area contributed by atoms with Crippen LogP contribution in [0.1, 0.15) is 21.6 Å². The normalized spacial score (nSPS) is 10.6. The highest BCUT2D eigenvalue weighted by Gasteiger charge is 2.14. The van der Waals surface area contributed by atoms with Crippen molar-refractivity contribution in [2.24, 2.45) is 0 Å². The van der Waals surface area contributed by atoms with Gasteiger partial charge in [0.25, 0.3) is 5.91 Å². The Labute approximate surface area is 127 Å². The number of nitrogens with zero attached hydrogens (tertiary/aromatic N) is 2. The zero-order valence-electron chi connectivity index (χ0n) is 12.4. The summed E-state index contributed by atoms with van der Waals surface area (Å²) in [5.41, 5.74) is 3.13. The molecule has 0 saturated carbocycles. The molecule has 22 heavy (non-hydrogen) atoms. The Hall–Kier alpha value is -2.89. The lowest BCUT2D eigenvalue weighted by Gasteiger charge is -2.07. The number of nitrogens with one attached hydrogen (secondary N) is 2. The molecule has 6 heteroatoms. The number of pyridine rings is 1. The van der Waals surface area contributed by atoms with Crippen LogP contribution >= 0.6 is 0 Å². The van der Waals surface area contributed by atoms with Gasteiger partial charge in [-0.05, 0) is 25.1 Å². The number of carbonyl (C=O) groups is 1. The Kier molecular flexibility index (Phi) is 3.74. The predicted octanol–water partition coefficient (Wildman–Crippen LogP) is 2.20. The second-order valence-electron chi connectivity index (χ2n) is 4.98. The molecule has 0 saturated heterocycles. The standard InChI is InChI=1S/C16H16N4O2/c1-10-5-6-13-12(8-10)14(20-19-13)15(21)18-9-11-4-3-7-17-16(11)22-2/h3-8H,9H2,1-2H3,(H,18,21)(H,19,20). The predicted molar refractivity (Wildman–Crippen MR) is 82.8 cm³/mol. The number of aromatic amines is 1. The first kappa shape index (κ1) is 14.1. The lowest BCUT2D eigenvalue weighted by atomic mass is 10.1. The Morgan fingerprint density at radius 3 is 3.05 bits per heavy atom. The molecule has 0 radical (unpaired) electrons. The van der Waals surface area contributed by atoms with Crippen molar-refractivity contribution < 1.29 is 9.53 Å². The molecule has 0 aliphatic carbocycles. The molecular weight excluding hydrogens is 280 g/mol. The van der Waals surface area contributed by atoms with Crippen molar-refractivity contribution in [3.05, 3.63) is 53.3 Å². The summed E-state index contributed by atoms with van der Waals surface area (Å²) in [6, 6.07) is 9.50. The van der Waals surface area contributed by atoms with Gasteiger partial charge in [-0.1, -0.05) is 17.7 Å². The van der Waals surface area contributed by atoms with Crippen LogP contribution in [0.4, 0.5) is 0 Å². The maximum Gasteiger partial charge on any atom is 0.272 e. The summed E-state index contributed by atoms with van der Waals surface area (Å²) in [6.45, 7) is 2.31. The highest BCUT2D eigenvalue weighted by atomic mass is 16.5. The van der Waals surface area contributed by atoms with E-state index in [0.29, 0.717) is 18.1 Å². The van der Waals surface area contributed by atoms with E-state index in [0.717, 1.165) is 22.0 Å². The number of amides is 1. The molecule has 3 rings (SSSR count). The van der Waals surface area contributed by atoms with E-state index < -0.39 is 0 Å². The van der Waals surface area contributed by atoms with E-state index in [9.17, 15) is 4.79 Å². The van der Waals surface area contributed by atoms with Crippen LogP contribution in [0.2, 0.25) is 0 Å². The van der Waals surface area contributed by atoms with Crippen LogP contribution in [-0.4, -0.2) is 28.2 Å². The van der Waals surface area contributed by atoms with Crippen LogP contribution in [-0.2, 0) is 6.54 Å². The zero-order chi connectivity index (χ0) is 15.5. The number of hydrogen-bond acceptors (Lipinski definition) is 4. The SMILES string of the molecule is COc1ncccc1CNC(=O)c1n[nH]c2ccc(C)cc12. The second-order valence-corrected chi connectivity index (χ2v) is 4.98. The summed E-state index contributed by atoms with van der Waals surface area (Å²) >= 11 is 0. The van der Waals surface area contributed by atoms with Crippen LogP contribution < -0.4 is 10.1 Å². The van der Waals surface area contributed by atoms with Crippen molar-refractivity contribution in [2.45, 2.75) is 13.5 Å². The summed E-state index contributed by atoms with van der Waals surface area (Å²) in [5.74, 6) is 0.272. The Morgan fingerprint density at radius 1 is 1.36 bits per heavy atom. The third-order valence-electron chi connectivity index (χ3n) is 3.42. The summed E-state index contributed by atoms with van der Waals surface area (Å²) in [4.78, 5) is 16.5. The van der Waals surface area contributed by atoms with E-state index in [1.807, 2.05) is 31.2 Å². The Morgan fingerprint density at radius 2 is 2.23 bits per heavy atom. The molecule has 0 atom stereocenters. The molecule has 0 bridgehead atoms. The fraction of sp³-hybridized carbons (Fsp3) is 0.188. The average Bonchev–Trinajstić information content (AvgIpc) is 2.95. The van der Waals surface area contributed by atoms with Gasteiger partial charge in [-0.3, -0.25) is 9.89 Å². The van der Waals surface area contributed by atoms with Crippen molar-refractivity contribution in [2.75, 3.05) is 7.11 Å². The Balaban J connectivity index is 1.80. The summed E-state index contributed by atoms with van der Waals surface area (Å²) < 4.78 is 5.17. The number of methoxy groups -OCH3 is 1. The molecule has 3 aromatic rings. The van der Waals surface area contributed by atoms with Gasteiger partial charge in [0.2, 0.25) is 5.88 Å². The molecule has 2 heterocycles. The van der Waals surface area contributed by atoms with Gasteiger partial charge in [0.15, 0.2) is 5.69 Å². The molecule has 0 unspecified atom stereocenters. The van der Waals surface area contributed by atoms with Crippen LogP contribution in [0.15, 0.2) is 36.5 Å². The molecule has 0 aliphatic rings. The summed E-state index contributed by atoms with van der Waals surface area (Å²) in [7, 11) is 1.55. The number of rotatable bonds is 4. The van der Waals surface area contributed by atoms with Gasteiger partial charge in [-0.25, -0.2) is 4.98 Å². The van der Waals surface area contributed by atoms with Gasteiger partial charge in [-0.2, -0.15) is 5.10 Å². The second kappa shape index (κ2) is 5.85. The molecule has 0 fully saturated rings. The van der Waals surface area contributed by atoms with E-state index in [2.05, 4.69) is 20.5 Å². The quantitative estimate of drug-likeness (QED) is 0.773. The number of hydrogen-bond donors (Lipinski definition) is 2. The minimum atomic E-state index is -0.234. The topological polar surface area (TPSA) is 79.9 Å². The van der Waals surface area contributed by atoms with Gasteiger partial charge >= 0.3 is 0 Å². The lowest BCUT2D eigenvalue weighted by Crippen LogP contribution is -2.23. The van der Waals surface area contributed by atoms with E-state index >= 15 is 0 Å². The third-order valence-corrected chi connectivity index (χ3v) is 3.42. The van der Waals surface area contributed by atoms with E-state index in [1.54, 1.807) is 19.4 Å². The number of ether oxygens (including phenoxy) is 1. The van der Waals surface area contributed by atoms with E-state index in [1.165, 1.54) is 0 Å². The first-order valence-electron chi connectivity index (χ1n) is 6.90. The van der Waals surface area contributed by atoms with Gasteiger partial charge in [0.05, 0.1) is 12.6 Å². The molecule has 6 nitrogen and oxygen atoms in total. The van der Waals surface area contributed by atoms with Crippen molar-refractivity contribution in [3.63, 3.8) is 0 Å². The zero-order valence-corrected chi connectivity index (χ0v) is 12.4. The van der Waals surface area contributed by atoms with Crippen molar-refractivity contribution in [3.8, 4) is 5.88 Å². The number of benzene rings is 1. The fourth-order valence-corrected chi connectivity index (χ4v) is 2.30. The maximum atomic E-state index is 12.3.